The molecule has 3 heteroatoms. The molecule has 11 heavy (non-hydrogen) atoms. The molecule has 0 rings (SSSR count). The zero-order valence-corrected chi connectivity index (χ0v) is 7.97. The Balaban J connectivity index is 4.26. The summed E-state index contributed by atoms with van der Waals surface area (Å²) in [7, 11) is 1.63. The molecule has 0 aromatic heterocycles. The molecule has 0 bridgehead atoms. The van der Waals surface area contributed by atoms with Crippen molar-refractivity contribution in [1.29, 1.82) is 0 Å². The summed E-state index contributed by atoms with van der Waals surface area (Å²) in [6.07, 6.45) is 0. The lowest BCUT2D eigenvalue weighted by atomic mass is 9.89. The van der Waals surface area contributed by atoms with E-state index in [-0.39, 0.29) is 6.79 Å². The molecule has 3 nitrogen and oxygen atoms in total. The van der Waals surface area contributed by atoms with Crippen LogP contribution in [0, 0.1) is 0 Å². The van der Waals surface area contributed by atoms with Crippen LogP contribution in [-0.2, 0) is 9.47 Å². The van der Waals surface area contributed by atoms with Gasteiger partial charge in [0.15, 0.2) is 0 Å². The lowest BCUT2D eigenvalue weighted by molar-refractivity contribution is -0.194. The Morgan fingerprint density at radius 1 is 1.09 bits per heavy atom. The third kappa shape index (κ3) is 2.43. The summed E-state index contributed by atoms with van der Waals surface area (Å²) in [5.41, 5.74) is -0.869. The molecule has 0 spiro atoms. The highest BCUT2D eigenvalue weighted by atomic mass is 16.6. The van der Waals surface area contributed by atoms with Crippen molar-refractivity contribution in [3.63, 3.8) is 0 Å². The molecule has 0 aliphatic carbocycles. The third-order valence-corrected chi connectivity index (χ3v) is 2.39. The molecule has 0 saturated carbocycles. The molecule has 0 aliphatic rings. The summed E-state index contributed by atoms with van der Waals surface area (Å²) >= 11 is 0. The van der Waals surface area contributed by atoms with Gasteiger partial charge in [-0.2, -0.15) is 0 Å². The predicted octanol–water partition coefficient (Wildman–Crippen LogP) is 1.16. The van der Waals surface area contributed by atoms with Gasteiger partial charge in [0.1, 0.15) is 6.79 Å². The van der Waals surface area contributed by atoms with Crippen LogP contribution in [0.15, 0.2) is 0 Å². The van der Waals surface area contributed by atoms with Crippen LogP contribution in [0.25, 0.3) is 0 Å². The van der Waals surface area contributed by atoms with Crippen molar-refractivity contribution >= 4 is 0 Å². The van der Waals surface area contributed by atoms with Gasteiger partial charge in [-0.3, -0.25) is 0 Å². The van der Waals surface area contributed by atoms with Crippen LogP contribution in [0.4, 0.5) is 0 Å². The Hall–Kier alpha value is -0.120. The zero-order valence-electron chi connectivity index (χ0n) is 7.97. The van der Waals surface area contributed by atoms with Gasteiger partial charge in [0, 0.05) is 7.11 Å². The normalized spacial score (nSPS) is 13.6. The summed E-state index contributed by atoms with van der Waals surface area (Å²) in [6.45, 7) is 7.32. The van der Waals surface area contributed by atoms with Crippen molar-refractivity contribution in [1.82, 2.24) is 0 Å². The van der Waals surface area contributed by atoms with Crippen molar-refractivity contribution in [3.8, 4) is 0 Å². The Morgan fingerprint density at radius 2 is 1.55 bits per heavy atom. The number of aliphatic hydroxyl groups excluding tert-OH is 1. The molecule has 1 N–H and O–H groups in total. The molecule has 0 unspecified atom stereocenters. The molecule has 0 aromatic carbocycles. The molecule has 0 heterocycles. The predicted molar refractivity (Wildman–Crippen MR) is 43.3 cm³/mol. The minimum absolute atomic E-state index is 0.278. The Morgan fingerprint density at radius 3 is 1.82 bits per heavy atom. The lowest BCUT2D eigenvalue weighted by Crippen LogP contribution is -2.48. The van der Waals surface area contributed by atoms with Gasteiger partial charge in [0.05, 0.1) is 11.2 Å². The molecule has 0 saturated heterocycles. The van der Waals surface area contributed by atoms with Crippen LogP contribution in [0.1, 0.15) is 27.7 Å². The average molecular weight is 162 g/mol. The van der Waals surface area contributed by atoms with Crippen LogP contribution in [0.2, 0.25) is 0 Å². The van der Waals surface area contributed by atoms with Gasteiger partial charge in [0.2, 0.25) is 0 Å². The van der Waals surface area contributed by atoms with E-state index in [0.717, 1.165) is 0 Å². The fourth-order valence-corrected chi connectivity index (χ4v) is 0.581. The maximum absolute atomic E-state index is 8.58. The Labute approximate surface area is 68.3 Å². The first-order valence-corrected chi connectivity index (χ1v) is 3.67. The van der Waals surface area contributed by atoms with E-state index in [0.29, 0.717) is 0 Å². The van der Waals surface area contributed by atoms with E-state index in [1.165, 1.54) is 0 Å². The fourth-order valence-electron chi connectivity index (χ4n) is 0.581. The second-order valence-electron chi connectivity index (χ2n) is 3.50. The highest BCUT2D eigenvalue weighted by Gasteiger charge is 2.37. The van der Waals surface area contributed by atoms with Crippen LogP contribution >= 0.6 is 0 Å². The molecular weight excluding hydrogens is 144 g/mol. The van der Waals surface area contributed by atoms with Crippen LogP contribution in [-0.4, -0.2) is 30.2 Å². The molecule has 68 valence electrons. The quantitative estimate of drug-likeness (QED) is 0.630. The fraction of sp³-hybridized carbons (Fsp3) is 1.00. The molecule has 0 fully saturated rings. The van der Waals surface area contributed by atoms with Crippen molar-refractivity contribution in [3.05, 3.63) is 0 Å². The van der Waals surface area contributed by atoms with Crippen molar-refractivity contribution in [2.24, 2.45) is 0 Å². The van der Waals surface area contributed by atoms with E-state index in [2.05, 4.69) is 0 Å². The van der Waals surface area contributed by atoms with E-state index in [9.17, 15) is 0 Å². The first-order valence-electron chi connectivity index (χ1n) is 3.67. The topological polar surface area (TPSA) is 38.7 Å². The smallest absolute Gasteiger partial charge is 0.144 e. The van der Waals surface area contributed by atoms with E-state index in [4.69, 9.17) is 14.6 Å². The highest BCUT2D eigenvalue weighted by Crippen LogP contribution is 2.27. The number of hydrogen-bond donors (Lipinski definition) is 1. The Kier molecular flexibility index (Phi) is 3.48. The minimum Gasteiger partial charge on any atom is -0.376 e. The SMILES string of the molecule is COC(C)(C)C(C)(C)OCO. The standard InChI is InChI=1S/C8H18O3/c1-7(2,10-5)8(3,4)11-6-9/h9H,6H2,1-5H3. The summed E-state index contributed by atoms with van der Waals surface area (Å²) in [4.78, 5) is 0. The first kappa shape index (κ1) is 10.9. The van der Waals surface area contributed by atoms with Crippen molar-refractivity contribution in [2.75, 3.05) is 13.9 Å². The molecule has 0 radical (unpaired) electrons. The highest BCUT2D eigenvalue weighted by molar-refractivity contribution is 4.88. The van der Waals surface area contributed by atoms with E-state index in [1.54, 1.807) is 7.11 Å². The number of hydrogen-bond acceptors (Lipinski definition) is 3. The molecule has 0 aromatic rings. The van der Waals surface area contributed by atoms with Gasteiger partial charge in [0.25, 0.3) is 0 Å². The zero-order chi connectivity index (χ0) is 9.12. The number of aliphatic hydroxyl groups is 1. The number of methoxy groups -OCH3 is 1. The van der Waals surface area contributed by atoms with Gasteiger partial charge < -0.3 is 14.6 Å². The number of ether oxygens (including phenoxy) is 2. The summed E-state index contributed by atoms with van der Waals surface area (Å²) in [5.74, 6) is 0. The lowest BCUT2D eigenvalue weighted by Gasteiger charge is -2.39. The van der Waals surface area contributed by atoms with Gasteiger partial charge in [-0.25, -0.2) is 0 Å². The first-order chi connectivity index (χ1) is 4.87. The monoisotopic (exact) mass is 162 g/mol. The maximum Gasteiger partial charge on any atom is 0.144 e. The largest absolute Gasteiger partial charge is 0.376 e. The van der Waals surface area contributed by atoms with Gasteiger partial charge >= 0.3 is 0 Å². The Bertz CT molecular complexity index is 119. The van der Waals surface area contributed by atoms with Crippen molar-refractivity contribution in [2.45, 2.75) is 38.9 Å². The third-order valence-electron chi connectivity index (χ3n) is 2.39. The average Bonchev–Trinajstić information content (AvgIpc) is 1.87. The molecule has 0 atom stereocenters. The molecular formula is C8H18O3. The second kappa shape index (κ2) is 3.52. The molecule has 0 amide bonds. The van der Waals surface area contributed by atoms with Crippen molar-refractivity contribution < 1.29 is 14.6 Å². The van der Waals surface area contributed by atoms with E-state index < -0.39 is 11.2 Å². The summed E-state index contributed by atoms with van der Waals surface area (Å²) in [6, 6.07) is 0. The summed E-state index contributed by atoms with van der Waals surface area (Å²) in [5, 5.41) is 8.58. The van der Waals surface area contributed by atoms with Crippen LogP contribution < -0.4 is 0 Å². The van der Waals surface area contributed by atoms with E-state index in [1.807, 2.05) is 27.7 Å². The van der Waals surface area contributed by atoms with E-state index >= 15 is 0 Å². The molecule has 0 aliphatic heterocycles. The summed E-state index contributed by atoms with van der Waals surface area (Å²) < 4.78 is 10.3. The maximum atomic E-state index is 8.58. The van der Waals surface area contributed by atoms with Gasteiger partial charge in [-0.15, -0.1) is 0 Å². The van der Waals surface area contributed by atoms with Crippen LogP contribution in [0.3, 0.4) is 0 Å². The van der Waals surface area contributed by atoms with Gasteiger partial charge in [-0.1, -0.05) is 0 Å². The number of rotatable bonds is 4. The second-order valence-corrected chi connectivity index (χ2v) is 3.50. The van der Waals surface area contributed by atoms with Gasteiger partial charge in [-0.05, 0) is 27.7 Å². The minimum atomic E-state index is -0.476. The van der Waals surface area contributed by atoms with Crippen LogP contribution in [0.5, 0.6) is 0 Å².